The van der Waals surface area contributed by atoms with Crippen molar-refractivity contribution in [1.82, 2.24) is 14.8 Å². The minimum Gasteiger partial charge on any atom is -0.380 e. The van der Waals surface area contributed by atoms with Gasteiger partial charge in [0.1, 0.15) is 5.60 Å². The summed E-state index contributed by atoms with van der Waals surface area (Å²) in [5.74, 6) is -2.32. The molecule has 1 fully saturated rings. The Morgan fingerprint density at radius 1 is 1.21 bits per heavy atom. The molecule has 8 heteroatoms. The molecule has 0 aliphatic heterocycles. The van der Waals surface area contributed by atoms with Gasteiger partial charge in [0.15, 0.2) is 11.6 Å². The number of halogens is 2. The number of nitrogens with one attached hydrogen (secondary N) is 1. The molecule has 0 unspecified atom stereocenters. The van der Waals surface area contributed by atoms with E-state index in [1.165, 1.54) is 6.07 Å². The summed E-state index contributed by atoms with van der Waals surface area (Å²) in [6.07, 6.45) is 3.50. The monoisotopic (exact) mass is 452 g/mol. The number of fused-ring (bicyclic) bond motifs is 2. The Balaban J connectivity index is 1.77. The molecule has 4 N–H and O–H groups in total. The number of aromatic amines is 1. The number of hydrogen-bond acceptors (Lipinski definition) is 3. The third kappa shape index (κ3) is 3.40. The van der Waals surface area contributed by atoms with Gasteiger partial charge in [0.25, 0.3) is 0 Å². The average Bonchev–Trinajstić information content (AvgIpc) is 3.36. The summed E-state index contributed by atoms with van der Waals surface area (Å²) in [4.78, 5) is 11.8. The van der Waals surface area contributed by atoms with Crippen LogP contribution in [0.25, 0.3) is 27.5 Å². The number of carbonyl (C=O) groups is 1. The van der Waals surface area contributed by atoms with Crippen LogP contribution >= 0.6 is 0 Å². The fraction of sp³-hybridized carbons (Fsp3) is 0.360. The Kier molecular flexibility index (Phi) is 5.01. The molecule has 0 radical (unpaired) electrons. The predicted octanol–water partition coefficient (Wildman–Crippen LogP) is 4.78. The van der Waals surface area contributed by atoms with Crippen molar-refractivity contribution >= 4 is 27.7 Å². The van der Waals surface area contributed by atoms with Crippen molar-refractivity contribution in [2.75, 3.05) is 0 Å². The maximum absolute atomic E-state index is 14.2. The molecule has 1 aliphatic carbocycles. The lowest BCUT2D eigenvalue weighted by atomic mass is 9.74. The lowest BCUT2D eigenvalue weighted by Gasteiger charge is -2.34. The van der Waals surface area contributed by atoms with Gasteiger partial charge < -0.3 is 15.4 Å². The molecule has 0 saturated heterocycles. The second-order valence-corrected chi connectivity index (χ2v) is 9.38. The summed E-state index contributed by atoms with van der Waals surface area (Å²) in [7, 11) is 0. The van der Waals surface area contributed by atoms with Crippen molar-refractivity contribution in [3.05, 3.63) is 59.4 Å². The number of amides is 1. The lowest BCUT2D eigenvalue weighted by molar-refractivity contribution is -0.139. The number of carbonyl (C=O) groups excluding carboxylic acids is 1. The highest BCUT2D eigenvalue weighted by molar-refractivity contribution is 5.99. The molecular formula is C25H26F2N4O2. The number of H-pyrrole nitrogens is 1. The van der Waals surface area contributed by atoms with Crippen molar-refractivity contribution in [3.8, 4) is 5.69 Å². The van der Waals surface area contributed by atoms with E-state index in [2.05, 4.69) is 24.0 Å². The molecule has 2 aromatic heterocycles. The third-order valence-electron chi connectivity index (χ3n) is 6.99. The van der Waals surface area contributed by atoms with Gasteiger partial charge in [0.2, 0.25) is 5.91 Å². The van der Waals surface area contributed by atoms with Gasteiger partial charge in [-0.15, -0.1) is 0 Å². The molecule has 0 atom stereocenters. The number of nitrogens with two attached hydrogens (primary N) is 1. The number of primary amides is 1. The van der Waals surface area contributed by atoms with Crippen LogP contribution in [0.5, 0.6) is 0 Å². The molecule has 4 aromatic rings. The number of rotatable bonds is 4. The summed E-state index contributed by atoms with van der Waals surface area (Å²) >= 11 is 0. The fourth-order valence-electron chi connectivity index (χ4n) is 5.30. The molecule has 172 valence electrons. The largest absolute Gasteiger partial charge is 0.380 e. The Morgan fingerprint density at radius 3 is 2.58 bits per heavy atom. The zero-order valence-corrected chi connectivity index (χ0v) is 18.5. The van der Waals surface area contributed by atoms with Crippen LogP contribution in [0.3, 0.4) is 0 Å². The quantitative estimate of drug-likeness (QED) is 0.416. The smallest absolute Gasteiger partial charge is 0.249 e. The first-order valence-corrected chi connectivity index (χ1v) is 11.2. The number of nitrogens with zero attached hydrogens (tertiary/aromatic N) is 2. The van der Waals surface area contributed by atoms with E-state index in [9.17, 15) is 18.7 Å². The van der Waals surface area contributed by atoms with Crippen molar-refractivity contribution in [2.45, 2.75) is 57.0 Å². The second-order valence-electron chi connectivity index (χ2n) is 9.38. The molecule has 2 heterocycles. The van der Waals surface area contributed by atoms with Crippen molar-refractivity contribution in [3.63, 3.8) is 0 Å². The van der Waals surface area contributed by atoms with E-state index in [0.717, 1.165) is 39.1 Å². The van der Waals surface area contributed by atoms with E-state index in [4.69, 9.17) is 5.73 Å². The van der Waals surface area contributed by atoms with Gasteiger partial charge in [-0.2, -0.15) is 5.10 Å². The highest BCUT2D eigenvalue weighted by Crippen LogP contribution is 2.46. The van der Waals surface area contributed by atoms with Crippen molar-refractivity contribution in [2.24, 2.45) is 5.73 Å². The highest BCUT2D eigenvalue weighted by Gasteiger charge is 2.40. The van der Waals surface area contributed by atoms with Crippen LogP contribution in [0, 0.1) is 11.6 Å². The van der Waals surface area contributed by atoms with Crippen molar-refractivity contribution < 1.29 is 18.7 Å². The summed E-state index contributed by atoms with van der Waals surface area (Å²) in [6, 6.07) is 8.00. The summed E-state index contributed by atoms with van der Waals surface area (Å²) < 4.78 is 30.0. The average molecular weight is 453 g/mol. The van der Waals surface area contributed by atoms with E-state index in [1.54, 1.807) is 12.3 Å². The molecule has 33 heavy (non-hydrogen) atoms. The minimum absolute atomic E-state index is 0.0777. The van der Waals surface area contributed by atoms with E-state index in [0.29, 0.717) is 18.5 Å². The molecule has 0 spiro atoms. The van der Waals surface area contributed by atoms with Crippen LogP contribution in [0.2, 0.25) is 0 Å². The first kappa shape index (κ1) is 21.6. The normalized spacial score (nSPS) is 21.3. The zero-order chi connectivity index (χ0) is 23.5. The van der Waals surface area contributed by atoms with Gasteiger partial charge in [-0.1, -0.05) is 13.8 Å². The Bertz CT molecular complexity index is 1380. The van der Waals surface area contributed by atoms with Gasteiger partial charge in [-0.05, 0) is 67.3 Å². The van der Waals surface area contributed by atoms with Crippen molar-refractivity contribution in [1.29, 1.82) is 0 Å². The summed E-state index contributed by atoms with van der Waals surface area (Å²) in [6.45, 7) is 4.15. The number of aromatic nitrogens is 3. The van der Waals surface area contributed by atoms with Gasteiger partial charge in [-0.25, -0.2) is 8.78 Å². The standard InChI is InChI=1S/C25H26F2N4O2/c1-13(2)23-22(14-5-7-25(33,8-6-14)24(28)32)17-11-20-15(12-29-30-20)9-21(17)31(23)16-3-4-18(26)19(27)10-16/h3-4,9-14,33H,5-8H2,1-2H3,(H2,28,32)(H,29,30). The highest BCUT2D eigenvalue weighted by atomic mass is 19.2. The van der Waals surface area contributed by atoms with E-state index < -0.39 is 23.1 Å². The van der Waals surface area contributed by atoms with Gasteiger partial charge >= 0.3 is 0 Å². The molecule has 1 saturated carbocycles. The lowest BCUT2D eigenvalue weighted by Crippen LogP contribution is -2.46. The molecule has 2 aromatic carbocycles. The zero-order valence-electron chi connectivity index (χ0n) is 18.5. The third-order valence-corrected chi connectivity index (χ3v) is 6.99. The maximum Gasteiger partial charge on any atom is 0.249 e. The van der Waals surface area contributed by atoms with Gasteiger partial charge in [0.05, 0.1) is 17.2 Å². The number of benzene rings is 2. The van der Waals surface area contributed by atoms with Crippen LogP contribution in [0.1, 0.15) is 62.6 Å². The molecular weight excluding hydrogens is 426 g/mol. The van der Waals surface area contributed by atoms with Crippen LogP contribution in [-0.4, -0.2) is 31.4 Å². The summed E-state index contributed by atoms with van der Waals surface area (Å²) in [5.41, 5.74) is 8.37. The molecule has 0 bridgehead atoms. The fourth-order valence-corrected chi connectivity index (χ4v) is 5.30. The molecule has 1 amide bonds. The van der Waals surface area contributed by atoms with Crippen LogP contribution < -0.4 is 5.73 Å². The van der Waals surface area contributed by atoms with Crippen LogP contribution in [0.4, 0.5) is 8.78 Å². The SMILES string of the molecule is CC(C)c1c(C2CCC(O)(C(N)=O)CC2)c2cc3[nH]ncc3cc2n1-c1ccc(F)c(F)c1. The van der Waals surface area contributed by atoms with Crippen LogP contribution in [0.15, 0.2) is 36.5 Å². The summed E-state index contributed by atoms with van der Waals surface area (Å²) in [5, 5.41) is 19.7. The predicted molar refractivity (Wildman–Crippen MR) is 122 cm³/mol. The molecule has 5 rings (SSSR count). The first-order chi connectivity index (χ1) is 15.7. The van der Waals surface area contributed by atoms with Gasteiger partial charge in [0, 0.05) is 28.2 Å². The number of aliphatic hydroxyl groups is 1. The number of hydrogen-bond donors (Lipinski definition) is 3. The molecule has 6 nitrogen and oxygen atoms in total. The topological polar surface area (TPSA) is 96.9 Å². The van der Waals surface area contributed by atoms with E-state index in [1.807, 2.05) is 16.7 Å². The molecule has 1 aliphatic rings. The van der Waals surface area contributed by atoms with E-state index >= 15 is 0 Å². The maximum atomic E-state index is 14.2. The minimum atomic E-state index is -1.48. The van der Waals surface area contributed by atoms with E-state index in [-0.39, 0.29) is 24.7 Å². The first-order valence-electron chi connectivity index (χ1n) is 11.2. The van der Waals surface area contributed by atoms with Crippen LogP contribution in [-0.2, 0) is 4.79 Å². The Labute approximate surface area is 189 Å². The Hall–Kier alpha value is -3.26. The second kappa shape index (κ2) is 7.66. The van der Waals surface area contributed by atoms with Gasteiger partial charge in [-0.3, -0.25) is 9.89 Å². The Morgan fingerprint density at radius 2 is 1.94 bits per heavy atom.